The summed E-state index contributed by atoms with van der Waals surface area (Å²) >= 11 is 2.22. The van der Waals surface area contributed by atoms with E-state index in [4.69, 9.17) is 4.74 Å². The fourth-order valence-electron chi connectivity index (χ4n) is 1.48. The number of hydrogen-bond donors (Lipinski definition) is 1. The number of methoxy groups -OCH3 is 1. The molecule has 1 aliphatic heterocycles. The molecule has 0 aliphatic carbocycles. The molecule has 1 aromatic rings. The first-order valence-electron chi connectivity index (χ1n) is 4.23. The summed E-state index contributed by atoms with van der Waals surface area (Å²) in [6.07, 6.45) is 4.42. The molecule has 0 saturated carbocycles. The maximum absolute atomic E-state index is 9.56. The molecule has 14 heavy (non-hydrogen) atoms. The van der Waals surface area contributed by atoms with Gasteiger partial charge < -0.3 is 4.74 Å². The van der Waals surface area contributed by atoms with E-state index in [2.05, 4.69) is 22.6 Å². The van der Waals surface area contributed by atoms with Crippen LogP contribution < -0.4 is 9.80 Å². The number of nitrogens with zero attached hydrogens (tertiary/aromatic N) is 1. The Hall–Kier alpha value is -0.750. The second-order valence-electron chi connectivity index (χ2n) is 3.05. The van der Waals surface area contributed by atoms with Crippen LogP contribution in [0.1, 0.15) is 5.56 Å². The highest BCUT2D eigenvalue weighted by molar-refractivity contribution is 14.1. The number of rotatable bonds is 1. The van der Waals surface area contributed by atoms with Crippen LogP contribution in [0.3, 0.4) is 0 Å². The van der Waals surface area contributed by atoms with Gasteiger partial charge in [0.2, 0.25) is 0 Å². The highest BCUT2D eigenvalue weighted by Gasteiger charge is 2.14. The number of halogens is 1. The lowest BCUT2D eigenvalue weighted by molar-refractivity contribution is 0.292. The van der Waals surface area contributed by atoms with E-state index >= 15 is 0 Å². The van der Waals surface area contributed by atoms with Gasteiger partial charge in [-0.3, -0.25) is 5.21 Å². The van der Waals surface area contributed by atoms with Crippen LogP contribution in [0.2, 0.25) is 0 Å². The van der Waals surface area contributed by atoms with Gasteiger partial charge in [-0.2, -0.15) is 0 Å². The minimum atomic E-state index is 0.790. The number of hydroxylamine groups is 1. The summed E-state index contributed by atoms with van der Waals surface area (Å²) in [6.45, 7) is 0. The number of hydrogen-bond acceptors (Lipinski definition) is 3. The molecule has 1 heterocycles. The van der Waals surface area contributed by atoms with Crippen molar-refractivity contribution in [1.29, 1.82) is 0 Å². The third-order valence-electron chi connectivity index (χ3n) is 2.18. The van der Waals surface area contributed by atoms with E-state index in [1.165, 1.54) is 0 Å². The van der Waals surface area contributed by atoms with Crippen molar-refractivity contribution in [2.24, 2.45) is 0 Å². The van der Waals surface area contributed by atoms with Gasteiger partial charge in [0.1, 0.15) is 5.75 Å². The SMILES string of the molecule is COc1cc2c(cc1I)CC=CN2O. The number of benzene rings is 1. The molecule has 0 unspecified atom stereocenters. The topological polar surface area (TPSA) is 32.7 Å². The summed E-state index contributed by atoms with van der Waals surface area (Å²) in [7, 11) is 1.63. The molecule has 74 valence electrons. The van der Waals surface area contributed by atoms with Gasteiger partial charge in [-0.05, 0) is 40.6 Å². The summed E-state index contributed by atoms with van der Waals surface area (Å²) in [5.41, 5.74) is 1.91. The number of allylic oxidation sites excluding steroid dienone is 1. The Morgan fingerprint density at radius 2 is 2.29 bits per heavy atom. The standard InChI is InChI=1S/C10H10INO2/c1-14-10-6-9-7(5-8(10)11)3-2-4-12(9)13/h2,4-6,13H,3H2,1H3. The van der Waals surface area contributed by atoms with Gasteiger partial charge in [0.05, 0.1) is 16.4 Å². The Kier molecular flexibility index (Phi) is 2.64. The molecule has 1 aromatic carbocycles. The summed E-state index contributed by atoms with van der Waals surface area (Å²) in [5, 5.41) is 10.7. The highest BCUT2D eigenvalue weighted by Crippen LogP contribution is 2.32. The van der Waals surface area contributed by atoms with Crippen molar-refractivity contribution in [2.75, 3.05) is 12.2 Å². The molecule has 0 radical (unpaired) electrons. The molecule has 4 heteroatoms. The first kappa shape index (κ1) is 9.79. The first-order chi connectivity index (χ1) is 6.72. The predicted octanol–water partition coefficient (Wildman–Crippen LogP) is 2.57. The van der Waals surface area contributed by atoms with E-state index in [1.807, 2.05) is 18.2 Å². The average Bonchev–Trinajstić information content (AvgIpc) is 2.17. The quantitative estimate of drug-likeness (QED) is 0.809. The highest BCUT2D eigenvalue weighted by atomic mass is 127. The van der Waals surface area contributed by atoms with Gasteiger partial charge in [-0.15, -0.1) is 0 Å². The second-order valence-corrected chi connectivity index (χ2v) is 4.21. The monoisotopic (exact) mass is 303 g/mol. The number of ether oxygens (including phenoxy) is 1. The lowest BCUT2D eigenvalue weighted by atomic mass is 10.1. The zero-order chi connectivity index (χ0) is 10.1. The van der Waals surface area contributed by atoms with Crippen LogP contribution in [0.4, 0.5) is 5.69 Å². The average molecular weight is 303 g/mol. The lowest BCUT2D eigenvalue weighted by Crippen LogP contribution is -2.15. The molecule has 1 aliphatic rings. The van der Waals surface area contributed by atoms with Crippen molar-refractivity contribution in [2.45, 2.75) is 6.42 Å². The van der Waals surface area contributed by atoms with Crippen LogP contribution in [0, 0.1) is 3.57 Å². The molecular weight excluding hydrogens is 293 g/mol. The number of anilines is 1. The maximum Gasteiger partial charge on any atom is 0.134 e. The molecule has 0 atom stereocenters. The fourth-order valence-corrected chi connectivity index (χ4v) is 2.23. The Morgan fingerprint density at radius 3 is 3.00 bits per heavy atom. The van der Waals surface area contributed by atoms with Gasteiger partial charge in [0.25, 0.3) is 0 Å². The van der Waals surface area contributed by atoms with E-state index in [0.717, 1.165) is 32.1 Å². The van der Waals surface area contributed by atoms with Crippen molar-refractivity contribution < 1.29 is 9.94 Å². The Labute approximate surface area is 96.1 Å². The van der Waals surface area contributed by atoms with Crippen molar-refractivity contribution >= 4 is 28.3 Å². The Balaban J connectivity index is 2.52. The van der Waals surface area contributed by atoms with Crippen LogP contribution in [0.15, 0.2) is 24.4 Å². The van der Waals surface area contributed by atoms with Crippen molar-refractivity contribution in [3.05, 3.63) is 33.5 Å². The third-order valence-corrected chi connectivity index (χ3v) is 3.03. The third kappa shape index (κ3) is 1.59. The van der Waals surface area contributed by atoms with Crippen LogP contribution in [-0.2, 0) is 6.42 Å². The molecule has 0 aromatic heterocycles. The molecule has 0 bridgehead atoms. The minimum absolute atomic E-state index is 0.790. The summed E-state index contributed by atoms with van der Waals surface area (Å²) in [6, 6.07) is 3.88. The van der Waals surface area contributed by atoms with Crippen LogP contribution in [0.25, 0.3) is 0 Å². The van der Waals surface area contributed by atoms with E-state index in [9.17, 15) is 5.21 Å². The summed E-state index contributed by atoms with van der Waals surface area (Å²) < 4.78 is 6.25. The first-order valence-corrected chi connectivity index (χ1v) is 5.31. The Morgan fingerprint density at radius 1 is 1.50 bits per heavy atom. The Bertz CT molecular complexity index is 390. The van der Waals surface area contributed by atoms with Crippen molar-refractivity contribution in [1.82, 2.24) is 0 Å². The second kappa shape index (κ2) is 3.78. The molecule has 0 spiro atoms. The largest absolute Gasteiger partial charge is 0.496 e. The van der Waals surface area contributed by atoms with Gasteiger partial charge >= 0.3 is 0 Å². The fraction of sp³-hybridized carbons (Fsp3) is 0.200. The van der Waals surface area contributed by atoms with Crippen LogP contribution >= 0.6 is 22.6 Å². The van der Waals surface area contributed by atoms with Crippen molar-refractivity contribution in [3.63, 3.8) is 0 Å². The molecule has 0 fully saturated rings. The minimum Gasteiger partial charge on any atom is -0.496 e. The smallest absolute Gasteiger partial charge is 0.134 e. The normalized spacial score (nSPS) is 14.1. The molecule has 3 nitrogen and oxygen atoms in total. The lowest BCUT2D eigenvalue weighted by Gasteiger charge is -2.21. The van der Waals surface area contributed by atoms with Crippen LogP contribution in [-0.4, -0.2) is 12.3 Å². The zero-order valence-corrected chi connectivity index (χ0v) is 9.85. The molecule has 1 N–H and O–H groups in total. The number of fused-ring (bicyclic) bond motifs is 1. The maximum atomic E-state index is 9.56. The van der Waals surface area contributed by atoms with Crippen LogP contribution in [0.5, 0.6) is 5.75 Å². The molecular formula is C10H10INO2. The predicted molar refractivity (Wildman–Crippen MR) is 62.8 cm³/mol. The van der Waals surface area contributed by atoms with E-state index in [-0.39, 0.29) is 0 Å². The van der Waals surface area contributed by atoms with Gasteiger partial charge in [0, 0.05) is 12.3 Å². The van der Waals surface area contributed by atoms with Gasteiger partial charge in [-0.1, -0.05) is 6.08 Å². The van der Waals surface area contributed by atoms with E-state index in [0.29, 0.717) is 0 Å². The van der Waals surface area contributed by atoms with E-state index < -0.39 is 0 Å². The molecule has 0 amide bonds. The van der Waals surface area contributed by atoms with Gasteiger partial charge in [-0.25, -0.2) is 5.06 Å². The summed E-state index contributed by atoms with van der Waals surface area (Å²) in [4.78, 5) is 0. The zero-order valence-electron chi connectivity index (χ0n) is 7.70. The molecule has 2 rings (SSSR count). The van der Waals surface area contributed by atoms with Crippen molar-refractivity contribution in [3.8, 4) is 5.75 Å². The molecule has 0 saturated heterocycles. The van der Waals surface area contributed by atoms with Gasteiger partial charge in [0.15, 0.2) is 0 Å². The summed E-state index contributed by atoms with van der Waals surface area (Å²) in [5.74, 6) is 0.790. The van der Waals surface area contributed by atoms with E-state index in [1.54, 1.807) is 13.3 Å².